The first kappa shape index (κ1) is 19.5. The Morgan fingerprint density at radius 3 is 2.79 bits per heavy atom. The Bertz CT molecular complexity index is 1070. The van der Waals surface area contributed by atoms with Crippen molar-refractivity contribution in [3.8, 4) is 0 Å². The fourth-order valence-corrected chi connectivity index (χ4v) is 4.34. The van der Waals surface area contributed by atoms with Crippen LogP contribution in [0.4, 0.5) is 10.1 Å². The van der Waals surface area contributed by atoms with E-state index in [1.807, 2.05) is 0 Å². The largest absolute Gasteiger partial charge is 0.329 e. The van der Waals surface area contributed by atoms with Gasteiger partial charge in [-0.25, -0.2) is 4.39 Å². The van der Waals surface area contributed by atoms with Gasteiger partial charge in [0, 0.05) is 22.8 Å². The van der Waals surface area contributed by atoms with Crippen molar-refractivity contribution in [2.45, 2.75) is 18.9 Å². The van der Waals surface area contributed by atoms with Gasteiger partial charge in [0.15, 0.2) is 0 Å². The number of halogens is 2. The maximum atomic E-state index is 13.3. The molecular formula is C20H16ClFN4O2S. The predicted molar refractivity (Wildman–Crippen MR) is 109 cm³/mol. The Labute approximate surface area is 175 Å². The molecule has 0 radical (unpaired) electrons. The van der Waals surface area contributed by atoms with Crippen molar-refractivity contribution < 1.29 is 14.0 Å². The van der Waals surface area contributed by atoms with E-state index in [4.69, 9.17) is 11.6 Å². The molecular weight excluding hydrogens is 415 g/mol. The van der Waals surface area contributed by atoms with Crippen molar-refractivity contribution in [3.63, 3.8) is 0 Å². The van der Waals surface area contributed by atoms with Crippen LogP contribution >= 0.6 is 22.9 Å². The molecule has 4 rings (SSSR count). The van der Waals surface area contributed by atoms with Crippen LogP contribution in [0.15, 0.2) is 48.5 Å². The second-order valence-corrected chi connectivity index (χ2v) is 8.02. The number of hydrogen-bond acceptors (Lipinski definition) is 5. The second-order valence-electron chi connectivity index (χ2n) is 6.58. The van der Waals surface area contributed by atoms with E-state index >= 15 is 0 Å². The predicted octanol–water partition coefficient (Wildman–Crippen LogP) is 4.56. The van der Waals surface area contributed by atoms with Gasteiger partial charge in [-0.15, -0.1) is 10.2 Å². The molecule has 1 atom stereocenters. The van der Waals surface area contributed by atoms with E-state index in [1.165, 1.54) is 18.2 Å². The van der Waals surface area contributed by atoms with Crippen molar-refractivity contribution in [3.05, 3.63) is 74.9 Å². The van der Waals surface area contributed by atoms with Crippen LogP contribution in [0.2, 0.25) is 5.02 Å². The molecule has 1 saturated heterocycles. The molecule has 3 aromatic rings. The molecule has 1 aromatic heterocycles. The third-order valence-corrected chi connectivity index (χ3v) is 5.85. The van der Waals surface area contributed by atoms with Crippen LogP contribution in [-0.4, -0.2) is 33.5 Å². The maximum absolute atomic E-state index is 13.3. The highest BCUT2D eigenvalue weighted by atomic mass is 35.5. The molecule has 29 heavy (non-hydrogen) atoms. The molecule has 0 aliphatic carbocycles. The molecule has 0 bridgehead atoms. The zero-order valence-corrected chi connectivity index (χ0v) is 16.7. The summed E-state index contributed by atoms with van der Waals surface area (Å²) in [6.07, 6.45) is 1.58. The molecule has 6 nitrogen and oxygen atoms in total. The minimum Gasteiger partial charge on any atom is -0.329 e. The minimum atomic E-state index is -0.468. The molecule has 0 saturated carbocycles. The average molecular weight is 431 g/mol. The molecule has 0 spiro atoms. The topological polar surface area (TPSA) is 75.2 Å². The summed E-state index contributed by atoms with van der Waals surface area (Å²) in [7, 11) is 0. The highest BCUT2D eigenvalue weighted by Crippen LogP contribution is 2.35. The molecule has 148 valence electrons. The average Bonchev–Trinajstić information content (AvgIpc) is 3.37. The number of carbonyl (C=O) groups is 2. The summed E-state index contributed by atoms with van der Waals surface area (Å²) in [5.74, 6) is -1.04. The lowest BCUT2D eigenvalue weighted by molar-refractivity contribution is 0.0735. The molecule has 2 heterocycles. The fourth-order valence-electron chi connectivity index (χ4n) is 3.27. The summed E-state index contributed by atoms with van der Waals surface area (Å²) in [6.45, 7) is 0.598. The lowest BCUT2D eigenvalue weighted by atomic mass is 10.1. The summed E-state index contributed by atoms with van der Waals surface area (Å²) in [5.41, 5.74) is 0.850. The summed E-state index contributed by atoms with van der Waals surface area (Å²) in [4.78, 5) is 27.0. The van der Waals surface area contributed by atoms with E-state index in [2.05, 4.69) is 15.5 Å². The third kappa shape index (κ3) is 4.28. The monoisotopic (exact) mass is 430 g/mol. The molecule has 1 unspecified atom stereocenters. The minimum absolute atomic E-state index is 0.129. The molecule has 9 heteroatoms. The number of anilines is 1. The van der Waals surface area contributed by atoms with Gasteiger partial charge in [-0.3, -0.25) is 9.59 Å². The fraction of sp³-hybridized carbons (Fsp3) is 0.200. The standard InChI is InChI=1S/C20H16ClFN4O2S/c21-13-5-1-4-12(10-13)20(28)26-9-3-8-16(26)18-24-25-19(29-18)17(27)23-15-7-2-6-14(22)11-15/h1-2,4-7,10-11,16H,3,8-9H2,(H,23,27). The Balaban J connectivity index is 1.50. The van der Waals surface area contributed by atoms with E-state index in [9.17, 15) is 14.0 Å². The van der Waals surface area contributed by atoms with E-state index < -0.39 is 11.7 Å². The van der Waals surface area contributed by atoms with Gasteiger partial charge < -0.3 is 10.2 Å². The number of aromatic nitrogens is 2. The molecule has 2 aromatic carbocycles. The first-order chi connectivity index (χ1) is 14.0. The molecule has 1 aliphatic heterocycles. The van der Waals surface area contributed by atoms with E-state index in [0.717, 1.165) is 24.2 Å². The molecule has 1 N–H and O–H groups in total. The number of likely N-dealkylation sites (tertiary alicyclic amines) is 1. The highest BCUT2D eigenvalue weighted by Gasteiger charge is 2.33. The van der Waals surface area contributed by atoms with Gasteiger partial charge in [0.05, 0.1) is 6.04 Å². The Hall–Kier alpha value is -2.84. The van der Waals surface area contributed by atoms with Crippen molar-refractivity contribution >= 4 is 40.4 Å². The number of rotatable bonds is 4. The van der Waals surface area contributed by atoms with Crippen molar-refractivity contribution in [2.75, 3.05) is 11.9 Å². The van der Waals surface area contributed by atoms with E-state index in [0.29, 0.717) is 27.8 Å². The number of hydrogen-bond donors (Lipinski definition) is 1. The van der Waals surface area contributed by atoms with Crippen LogP contribution in [0.25, 0.3) is 0 Å². The Morgan fingerprint density at radius 2 is 2.00 bits per heavy atom. The van der Waals surface area contributed by atoms with E-state index in [1.54, 1.807) is 35.2 Å². The first-order valence-corrected chi connectivity index (χ1v) is 10.2. The van der Waals surface area contributed by atoms with Crippen molar-refractivity contribution in [1.82, 2.24) is 15.1 Å². The zero-order valence-electron chi connectivity index (χ0n) is 15.1. The second kappa shape index (κ2) is 8.26. The maximum Gasteiger partial charge on any atom is 0.286 e. The Morgan fingerprint density at radius 1 is 1.17 bits per heavy atom. The van der Waals surface area contributed by atoms with Crippen LogP contribution in [0.5, 0.6) is 0 Å². The van der Waals surface area contributed by atoms with Crippen LogP contribution in [0.1, 0.15) is 44.1 Å². The number of benzene rings is 2. The highest BCUT2D eigenvalue weighted by molar-refractivity contribution is 7.13. The quantitative estimate of drug-likeness (QED) is 0.658. The van der Waals surface area contributed by atoms with Crippen LogP contribution < -0.4 is 5.32 Å². The normalized spacial score (nSPS) is 16.1. The smallest absolute Gasteiger partial charge is 0.286 e. The zero-order chi connectivity index (χ0) is 20.4. The summed E-state index contributed by atoms with van der Waals surface area (Å²) >= 11 is 7.14. The third-order valence-electron chi connectivity index (χ3n) is 4.59. The van der Waals surface area contributed by atoms with Crippen molar-refractivity contribution in [1.29, 1.82) is 0 Å². The lowest BCUT2D eigenvalue weighted by Crippen LogP contribution is -2.30. The number of nitrogens with zero attached hydrogens (tertiary/aromatic N) is 3. The lowest BCUT2D eigenvalue weighted by Gasteiger charge is -2.22. The van der Waals surface area contributed by atoms with E-state index in [-0.39, 0.29) is 17.0 Å². The summed E-state index contributed by atoms with van der Waals surface area (Å²) in [5, 5.41) is 12.0. The SMILES string of the molecule is O=C(Nc1cccc(F)c1)c1nnc(C2CCCN2C(=O)c2cccc(Cl)c2)s1. The van der Waals surface area contributed by atoms with Crippen LogP contribution in [0, 0.1) is 5.82 Å². The van der Waals surface area contributed by atoms with Gasteiger partial charge >= 0.3 is 0 Å². The number of nitrogens with one attached hydrogen (secondary N) is 1. The van der Waals surface area contributed by atoms with Crippen molar-refractivity contribution in [2.24, 2.45) is 0 Å². The number of amides is 2. The van der Waals surface area contributed by atoms with Crippen LogP contribution in [-0.2, 0) is 0 Å². The number of carbonyl (C=O) groups excluding carboxylic acids is 2. The van der Waals surface area contributed by atoms with Gasteiger partial charge in [-0.2, -0.15) is 0 Å². The van der Waals surface area contributed by atoms with Gasteiger partial charge in [-0.05, 0) is 49.2 Å². The first-order valence-electron chi connectivity index (χ1n) is 8.98. The van der Waals surface area contributed by atoms with Gasteiger partial charge in [0.1, 0.15) is 10.8 Å². The van der Waals surface area contributed by atoms with Gasteiger partial charge in [0.2, 0.25) is 5.01 Å². The summed E-state index contributed by atoms with van der Waals surface area (Å²) in [6, 6.07) is 12.2. The van der Waals surface area contributed by atoms with Crippen LogP contribution in [0.3, 0.4) is 0 Å². The summed E-state index contributed by atoms with van der Waals surface area (Å²) < 4.78 is 13.3. The molecule has 2 amide bonds. The van der Waals surface area contributed by atoms with Gasteiger partial charge in [0.25, 0.3) is 11.8 Å². The Kier molecular flexibility index (Phi) is 5.55. The molecule has 1 aliphatic rings. The molecule has 1 fully saturated rings. The van der Waals surface area contributed by atoms with Gasteiger partial charge in [-0.1, -0.05) is 35.1 Å².